The maximum absolute atomic E-state index is 13.3. The van der Waals surface area contributed by atoms with E-state index in [9.17, 15) is 9.59 Å². The van der Waals surface area contributed by atoms with Gasteiger partial charge in [0.05, 0.1) is 0 Å². The molecule has 0 radical (unpaired) electrons. The van der Waals surface area contributed by atoms with Crippen molar-refractivity contribution in [2.45, 2.75) is 38.9 Å². The highest BCUT2D eigenvalue weighted by Gasteiger charge is 2.30. The molecule has 5 nitrogen and oxygen atoms in total. The third-order valence-electron chi connectivity index (χ3n) is 4.84. The van der Waals surface area contributed by atoms with Crippen molar-refractivity contribution in [3.63, 3.8) is 0 Å². The summed E-state index contributed by atoms with van der Waals surface area (Å²) in [6.07, 6.45) is 4.54. The minimum atomic E-state index is -0.706. The van der Waals surface area contributed by atoms with Crippen LogP contribution in [-0.2, 0) is 22.7 Å². The fraction of sp³-hybridized carbons (Fsp3) is 0.240. The van der Waals surface area contributed by atoms with Gasteiger partial charge in [-0.15, -0.1) is 0 Å². The fourth-order valence-electron chi connectivity index (χ4n) is 3.36. The highest BCUT2D eigenvalue weighted by Crippen LogP contribution is 2.25. The first-order chi connectivity index (χ1) is 14.7. The lowest BCUT2D eigenvalue weighted by molar-refractivity contribution is -0.141. The zero-order valence-corrected chi connectivity index (χ0v) is 17.2. The molecule has 1 atom stereocenters. The Balaban J connectivity index is 1.90. The fourth-order valence-corrected chi connectivity index (χ4v) is 3.36. The SMILES string of the molecule is CCCC(=O)N(Cc1ccccc1)[C@@H](C(=O)NCc1cccnc1)c1ccccc1. The lowest BCUT2D eigenvalue weighted by Gasteiger charge is -2.31. The lowest BCUT2D eigenvalue weighted by atomic mass is 10.0. The first-order valence-corrected chi connectivity index (χ1v) is 10.2. The summed E-state index contributed by atoms with van der Waals surface area (Å²) in [7, 11) is 0. The maximum atomic E-state index is 13.3. The molecule has 0 aliphatic rings. The second-order valence-corrected chi connectivity index (χ2v) is 7.15. The Labute approximate surface area is 177 Å². The highest BCUT2D eigenvalue weighted by molar-refractivity contribution is 5.88. The van der Waals surface area contributed by atoms with Gasteiger partial charge >= 0.3 is 0 Å². The molecule has 0 aliphatic carbocycles. The molecule has 0 saturated heterocycles. The van der Waals surface area contributed by atoms with Crippen molar-refractivity contribution in [3.8, 4) is 0 Å². The molecule has 5 heteroatoms. The minimum Gasteiger partial charge on any atom is -0.350 e. The number of hydrogen-bond donors (Lipinski definition) is 1. The first kappa shape index (κ1) is 21.2. The Kier molecular flexibility index (Phi) is 7.72. The Hall–Kier alpha value is -3.47. The smallest absolute Gasteiger partial charge is 0.247 e. The van der Waals surface area contributed by atoms with Crippen LogP contribution in [0.3, 0.4) is 0 Å². The molecule has 0 aliphatic heterocycles. The van der Waals surface area contributed by atoms with Crippen molar-refractivity contribution in [1.29, 1.82) is 0 Å². The summed E-state index contributed by atoms with van der Waals surface area (Å²) >= 11 is 0. The maximum Gasteiger partial charge on any atom is 0.247 e. The molecule has 0 unspecified atom stereocenters. The van der Waals surface area contributed by atoms with Crippen LogP contribution in [0.4, 0.5) is 0 Å². The molecule has 1 heterocycles. The van der Waals surface area contributed by atoms with E-state index < -0.39 is 6.04 Å². The normalized spacial score (nSPS) is 11.5. The van der Waals surface area contributed by atoms with E-state index in [1.54, 1.807) is 17.3 Å². The molecule has 3 rings (SSSR count). The van der Waals surface area contributed by atoms with Crippen molar-refractivity contribution < 1.29 is 9.59 Å². The van der Waals surface area contributed by atoms with Gasteiger partial charge in [-0.05, 0) is 29.2 Å². The van der Waals surface area contributed by atoms with Gasteiger partial charge in [0, 0.05) is 31.9 Å². The minimum absolute atomic E-state index is 0.0354. The molecule has 2 aromatic carbocycles. The molecule has 2 amide bonds. The molecule has 0 bridgehead atoms. The van der Waals surface area contributed by atoms with E-state index in [1.807, 2.05) is 79.7 Å². The van der Waals surface area contributed by atoms with Crippen LogP contribution < -0.4 is 5.32 Å². The predicted molar refractivity (Wildman–Crippen MR) is 117 cm³/mol. The molecule has 0 saturated carbocycles. The van der Waals surface area contributed by atoms with Crippen LogP contribution in [0, 0.1) is 0 Å². The summed E-state index contributed by atoms with van der Waals surface area (Å²) in [5.74, 6) is -0.239. The van der Waals surface area contributed by atoms with E-state index in [0.717, 1.165) is 23.1 Å². The topological polar surface area (TPSA) is 62.3 Å². The van der Waals surface area contributed by atoms with Crippen molar-refractivity contribution in [2.24, 2.45) is 0 Å². The van der Waals surface area contributed by atoms with E-state index in [2.05, 4.69) is 10.3 Å². The number of amides is 2. The van der Waals surface area contributed by atoms with Gasteiger partial charge in [-0.1, -0.05) is 73.7 Å². The summed E-state index contributed by atoms with van der Waals surface area (Å²) in [6.45, 7) is 2.70. The number of carbonyl (C=O) groups excluding carboxylic acids is 2. The molecular weight excluding hydrogens is 374 g/mol. The zero-order valence-electron chi connectivity index (χ0n) is 17.2. The number of benzene rings is 2. The van der Waals surface area contributed by atoms with Crippen molar-refractivity contribution in [2.75, 3.05) is 0 Å². The molecule has 1 aromatic heterocycles. The van der Waals surface area contributed by atoms with Gasteiger partial charge in [0.2, 0.25) is 11.8 Å². The highest BCUT2D eigenvalue weighted by atomic mass is 16.2. The standard InChI is InChI=1S/C25H27N3O2/c1-2-10-23(29)28(19-20-11-5-3-6-12-20)24(22-14-7-4-8-15-22)25(30)27-18-21-13-9-16-26-17-21/h3-9,11-17,24H,2,10,18-19H2,1H3,(H,27,30)/t24-/m1/s1. The van der Waals surface area contributed by atoms with Gasteiger partial charge in [0.1, 0.15) is 6.04 Å². The molecular formula is C25H27N3O2. The Morgan fingerprint density at radius 1 is 0.933 bits per heavy atom. The first-order valence-electron chi connectivity index (χ1n) is 10.2. The number of carbonyl (C=O) groups is 2. The van der Waals surface area contributed by atoms with Crippen LogP contribution in [0.25, 0.3) is 0 Å². The third kappa shape index (κ3) is 5.77. The van der Waals surface area contributed by atoms with Crippen LogP contribution >= 0.6 is 0 Å². The lowest BCUT2D eigenvalue weighted by Crippen LogP contribution is -2.43. The van der Waals surface area contributed by atoms with Gasteiger partial charge in [-0.2, -0.15) is 0 Å². The quantitative estimate of drug-likeness (QED) is 0.582. The second-order valence-electron chi connectivity index (χ2n) is 7.15. The molecule has 30 heavy (non-hydrogen) atoms. The van der Waals surface area contributed by atoms with Gasteiger partial charge in [-0.25, -0.2) is 0 Å². The summed E-state index contributed by atoms with van der Waals surface area (Å²) < 4.78 is 0. The van der Waals surface area contributed by atoms with Crippen LogP contribution in [0.1, 0.15) is 42.5 Å². The van der Waals surface area contributed by atoms with Gasteiger partial charge in [0.25, 0.3) is 0 Å². The second kappa shape index (κ2) is 10.9. The molecule has 0 spiro atoms. The van der Waals surface area contributed by atoms with Crippen molar-refractivity contribution >= 4 is 11.8 Å². The average molecular weight is 402 g/mol. The Bertz CT molecular complexity index is 930. The van der Waals surface area contributed by atoms with Crippen molar-refractivity contribution in [3.05, 3.63) is 102 Å². The van der Waals surface area contributed by atoms with Gasteiger partial charge in [-0.3, -0.25) is 14.6 Å². The number of nitrogens with zero attached hydrogens (tertiary/aromatic N) is 2. The molecule has 154 valence electrons. The Morgan fingerprint density at radius 3 is 2.23 bits per heavy atom. The van der Waals surface area contributed by atoms with E-state index in [0.29, 0.717) is 19.5 Å². The van der Waals surface area contributed by atoms with Gasteiger partial charge < -0.3 is 10.2 Å². The number of pyridine rings is 1. The summed E-state index contributed by atoms with van der Waals surface area (Å²) in [5, 5.41) is 2.99. The zero-order chi connectivity index (χ0) is 21.2. The molecule has 3 aromatic rings. The summed E-state index contributed by atoms with van der Waals surface area (Å²) in [6, 6.07) is 22.3. The van der Waals surface area contributed by atoms with E-state index in [-0.39, 0.29) is 11.8 Å². The number of aromatic nitrogens is 1. The average Bonchev–Trinajstić information content (AvgIpc) is 2.79. The third-order valence-corrected chi connectivity index (χ3v) is 4.84. The van der Waals surface area contributed by atoms with Crippen molar-refractivity contribution in [1.82, 2.24) is 15.2 Å². The number of hydrogen-bond acceptors (Lipinski definition) is 3. The number of rotatable bonds is 9. The van der Waals surface area contributed by atoms with Crippen LogP contribution in [0.15, 0.2) is 85.2 Å². The van der Waals surface area contributed by atoms with Crippen LogP contribution in [0.5, 0.6) is 0 Å². The van der Waals surface area contributed by atoms with Crippen LogP contribution in [-0.4, -0.2) is 21.7 Å². The van der Waals surface area contributed by atoms with E-state index in [1.165, 1.54) is 0 Å². The summed E-state index contributed by atoms with van der Waals surface area (Å²) in [5.41, 5.74) is 2.69. The monoisotopic (exact) mass is 401 g/mol. The van der Waals surface area contributed by atoms with E-state index >= 15 is 0 Å². The van der Waals surface area contributed by atoms with E-state index in [4.69, 9.17) is 0 Å². The molecule has 0 fully saturated rings. The van der Waals surface area contributed by atoms with Gasteiger partial charge in [0.15, 0.2) is 0 Å². The molecule has 1 N–H and O–H groups in total. The number of nitrogens with one attached hydrogen (secondary N) is 1. The largest absolute Gasteiger partial charge is 0.350 e. The summed E-state index contributed by atoms with van der Waals surface area (Å²) in [4.78, 5) is 32.2. The Morgan fingerprint density at radius 2 is 1.60 bits per heavy atom. The predicted octanol–water partition coefficient (Wildman–Crippen LogP) is 4.27. The van der Waals surface area contributed by atoms with Crippen LogP contribution in [0.2, 0.25) is 0 Å².